The Kier molecular flexibility index (Phi) is 4.29. The third kappa shape index (κ3) is 3.48. The van der Waals surface area contributed by atoms with Gasteiger partial charge in [-0.3, -0.25) is 9.59 Å². The number of ether oxygens (including phenoxy) is 1. The molecule has 1 rings (SSSR count). The second kappa shape index (κ2) is 5.30. The van der Waals surface area contributed by atoms with E-state index in [9.17, 15) is 9.59 Å². The molecule has 2 unspecified atom stereocenters. The number of likely N-dealkylation sites (N-methyl/N-ethyl adjacent to an activating group) is 1. The van der Waals surface area contributed by atoms with Gasteiger partial charge in [-0.25, -0.2) is 0 Å². The Balaban J connectivity index is 2.25. The highest BCUT2D eigenvalue weighted by molar-refractivity contribution is 5.89. The van der Waals surface area contributed by atoms with Gasteiger partial charge in [-0.05, 0) is 20.3 Å². The zero-order valence-electron chi connectivity index (χ0n) is 9.97. The highest BCUT2D eigenvalue weighted by atomic mass is 16.5. The molecule has 0 aliphatic heterocycles. The Bertz CT molecular complexity index is 277. The van der Waals surface area contributed by atoms with Crippen molar-refractivity contribution in [1.82, 2.24) is 4.90 Å². The summed E-state index contributed by atoms with van der Waals surface area (Å²) >= 11 is 0. The minimum atomic E-state index is -0.870. The predicted molar refractivity (Wildman–Crippen MR) is 58.0 cm³/mol. The van der Waals surface area contributed by atoms with Crippen LogP contribution in [0.4, 0.5) is 0 Å². The molecular formula is C11H19NO4. The molecule has 0 bridgehead atoms. The van der Waals surface area contributed by atoms with Crippen molar-refractivity contribution in [2.24, 2.45) is 11.8 Å². The molecular weight excluding hydrogens is 210 g/mol. The molecule has 0 saturated heterocycles. The minimum Gasteiger partial charge on any atom is -0.481 e. The largest absolute Gasteiger partial charge is 0.481 e. The van der Waals surface area contributed by atoms with Crippen molar-refractivity contribution in [3.8, 4) is 0 Å². The van der Waals surface area contributed by atoms with Crippen molar-refractivity contribution < 1.29 is 19.4 Å². The zero-order valence-corrected chi connectivity index (χ0v) is 9.97. The number of hydrogen-bond acceptors (Lipinski definition) is 3. The number of carbonyl (C=O) groups excluding carboxylic acids is 1. The van der Waals surface area contributed by atoms with Gasteiger partial charge in [0.25, 0.3) is 0 Å². The number of carboxylic acids is 1. The molecule has 5 heteroatoms. The van der Waals surface area contributed by atoms with Crippen LogP contribution in [0.2, 0.25) is 0 Å². The second-order valence-corrected chi connectivity index (χ2v) is 4.47. The Morgan fingerprint density at radius 1 is 1.44 bits per heavy atom. The van der Waals surface area contributed by atoms with Crippen molar-refractivity contribution in [2.45, 2.75) is 26.4 Å². The van der Waals surface area contributed by atoms with Crippen molar-refractivity contribution in [3.05, 3.63) is 0 Å². The SMILES string of the molecule is CC(C)OCCN(C)C(=O)C1CC1C(=O)O. The molecule has 1 aliphatic carbocycles. The molecule has 0 heterocycles. The first-order valence-electron chi connectivity index (χ1n) is 5.53. The van der Waals surface area contributed by atoms with Crippen LogP contribution in [-0.2, 0) is 14.3 Å². The summed E-state index contributed by atoms with van der Waals surface area (Å²) in [6, 6.07) is 0. The van der Waals surface area contributed by atoms with E-state index < -0.39 is 11.9 Å². The van der Waals surface area contributed by atoms with Gasteiger partial charge < -0.3 is 14.7 Å². The molecule has 1 saturated carbocycles. The Hall–Kier alpha value is -1.10. The fraction of sp³-hybridized carbons (Fsp3) is 0.818. The lowest BCUT2D eigenvalue weighted by molar-refractivity contribution is -0.141. The number of aliphatic carboxylic acids is 1. The molecule has 16 heavy (non-hydrogen) atoms. The summed E-state index contributed by atoms with van der Waals surface area (Å²) in [6.07, 6.45) is 0.625. The Labute approximate surface area is 95.4 Å². The van der Waals surface area contributed by atoms with E-state index in [1.807, 2.05) is 13.8 Å². The van der Waals surface area contributed by atoms with Crippen LogP contribution in [0, 0.1) is 11.8 Å². The van der Waals surface area contributed by atoms with Gasteiger partial charge in [-0.15, -0.1) is 0 Å². The van der Waals surface area contributed by atoms with Crippen molar-refractivity contribution >= 4 is 11.9 Å². The van der Waals surface area contributed by atoms with Crippen LogP contribution in [0.15, 0.2) is 0 Å². The Morgan fingerprint density at radius 3 is 2.50 bits per heavy atom. The van der Waals surface area contributed by atoms with Crippen LogP contribution >= 0.6 is 0 Å². The fourth-order valence-electron chi connectivity index (χ4n) is 1.56. The highest BCUT2D eigenvalue weighted by Crippen LogP contribution is 2.39. The maximum Gasteiger partial charge on any atom is 0.307 e. The summed E-state index contributed by atoms with van der Waals surface area (Å²) in [4.78, 5) is 23.9. The number of nitrogens with zero attached hydrogens (tertiary/aromatic N) is 1. The summed E-state index contributed by atoms with van der Waals surface area (Å²) < 4.78 is 5.33. The lowest BCUT2D eigenvalue weighted by Crippen LogP contribution is -2.32. The molecule has 92 valence electrons. The zero-order chi connectivity index (χ0) is 12.3. The molecule has 0 aromatic rings. The summed E-state index contributed by atoms with van der Waals surface area (Å²) in [5.41, 5.74) is 0. The van der Waals surface area contributed by atoms with Gasteiger partial charge in [0.1, 0.15) is 0 Å². The predicted octanol–water partition coefficient (Wildman–Crippen LogP) is 0.590. The topological polar surface area (TPSA) is 66.8 Å². The standard InChI is InChI=1S/C11H19NO4/c1-7(2)16-5-4-12(3)10(13)8-6-9(8)11(14)15/h7-9H,4-6H2,1-3H3,(H,14,15). The van der Waals surface area contributed by atoms with E-state index in [1.165, 1.54) is 0 Å². The van der Waals surface area contributed by atoms with Crippen LogP contribution in [0.5, 0.6) is 0 Å². The summed E-state index contributed by atoms with van der Waals surface area (Å²) in [5, 5.41) is 8.71. The third-order valence-corrected chi connectivity index (χ3v) is 2.68. The van der Waals surface area contributed by atoms with E-state index in [2.05, 4.69) is 0 Å². The van der Waals surface area contributed by atoms with Gasteiger partial charge in [-0.2, -0.15) is 0 Å². The van der Waals surface area contributed by atoms with Crippen molar-refractivity contribution in [1.29, 1.82) is 0 Å². The molecule has 1 aliphatic rings. The first-order chi connectivity index (χ1) is 7.43. The van der Waals surface area contributed by atoms with E-state index >= 15 is 0 Å². The van der Waals surface area contributed by atoms with Crippen LogP contribution in [0.1, 0.15) is 20.3 Å². The molecule has 0 aromatic heterocycles. The van der Waals surface area contributed by atoms with Crippen molar-refractivity contribution in [3.63, 3.8) is 0 Å². The van der Waals surface area contributed by atoms with E-state index in [1.54, 1.807) is 11.9 Å². The van der Waals surface area contributed by atoms with Crippen LogP contribution in [0.25, 0.3) is 0 Å². The molecule has 5 nitrogen and oxygen atoms in total. The molecule has 1 fully saturated rings. The first kappa shape index (κ1) is 13.0. The van der Waals surface area contributed by atoms with Crippen LogP contribution < -0.4 is 0 Å². The van der Waals surface area contributed by atoms with Crippen LogP contribution in [-0.4, -0.2) is 48.2 Å². The average Bonchev–Trinajstić information content (AvgIpc) is 2.95. The number of hydrogen-bond donors (Lipinski definition) is 1. The summed E-state index contributed by atoms with van der Waals surface area (Å²) in [5.74, 6) is -1.74. The first-order valence-corrected chi connectivity index (χ1v) is 5.53. The number of amides is 1. The summed E-state index contributed by atoms with van der Waals surface area (Å²) in [6.45, 7) is 4.87. The molecule has 0 spiro atoms. The quantitative estimate of drug-likeness (QED) is 0.724. The normalized spacial score (nSPS) is 23.2. The number of carbonyl (C=O) groups is 2. The number of rotatable bonds is 6. The average molecular weight is 229 g/mol. The van der Waals surface area contributed by atoms with E-state index in [-0.39, 0.29) is 17.9 Å². The van der Waals surface area contributed by atoms with E-state index in [0.717, 1.165) is 0 Å². The van der Waals surface area contributed by atoms with Crippen LogP contribution in [0.3, 0.4) is 0 Å². The molecule has 1 N–H and O–H groups in total. The van der Waals surface area contributed by atoms with E-state index in [0.29, 0.717) is 19.6 Å². The highest BCUT2D eigenvalue weighted by Gasteiger charge is 2.49. The van der Waals surface area contributed by atoms with Crippen molar-refractivity contribution in [2.75, 3.05) is 20.2 Å². The van der Waals surface area contributed by atoms with Gasteiger partial charge in [0.15, 0.2) is 0 Å². The minimum absolute atomic E-state index is 0.0836. The monoisotopic (exact) mass is 229 g/mol. The molecule has 0 aromatic carbocycles. The molecule has 0 radical (unpaired) electrons. The van der Waals surface area contributed by atoms with Gasteiger partial charge in [-0.1, -0.05) is 0 Å². The lowest BCUT2D eigenvalue weighted by atomic mass is 10.3. The summed E-state index contributed by atoms with van der Waals surface area (Å²) in [7, 11) is 1.68. The number of carboxylic acid groups (broad SMARTS) is 1. The fourth-order valence-corrected chi connectivity index (χ4v) is 1.56. The van der Waals surface area contributed by atoms with Gasteiger partial charge in [0, 0.05) is 13.6 Å². The maximum absolute atomic E-state index is 11.7. The lowest BCUT2D eigenvalue weighted by Gasteiger charge is -2.17. The Morgan fingerprint density at radius 2 is 2.06 bits per heavy atom. The third-order valence-electron chi connectivity index (χ3n) is 2.68. The molecule has 1 amide bonds. The second-order valence-electron chi connectivity index (χ2n) is 4.47. The smallest absolute Gasteiger partial charge is 0.307 e. The van der Waals surface area contributed by atoms with Gasteiger partial charge in [0.05, 0.1) is 24.5 Å². The van der Waals surface area contributed by atoms with E-state index in [4.69, 9.17) is 9.84 Å². The molecule has 2 atom stereocenters. The van der Waals surface area contributed by atoms with Gasteiger partial charge in [0.2, 0.25) is 5.91 Å². The van der Waals surface area contributed by atoms with Gasteiger partial charge >= 0.3 is 5.97 Å². The maximum atomic E-state index is 11.7.